The summed E-state index contributed by atoms with van der Waals surface area (Å²) in [5, 5.41) is 22.3. The first-order chi connectivity index (χ1) is 11.6. The van der Waals surface area contributed by atoms with Crippen molar-refractivity contribution in [1.82, 2.24) is 5.32 Å². The maximum Gasteiger partial charge on any atom is 0.174 e. The molecule has 0 heterocycles. The summed E-state index contributed by atoms with van der Waals surface area (Å²) >= 11 is 0. The second-order valence-electron chi connectivity index (χ2n) is 5.95. The van der Waals surface area contributed by atoms with Gasteiger partial charge in [0.1, 0.15) is 11.8 Å². The molecule has 2 aromatic rings. The Kier molecular flexibility index (Phi) is 6.80. The quantitative estimate of drug-likeness (QED) is 0.782. The normalized spacial score (nSPS) is 14.4. The topological polar surface area (TPSA) is 65.3 Å². The molecule has 0 saturated heterocycles. The first-order valence-corrected chi connectivity index (χ1v) is 8.18. The summed E-state index contributed by atoms with van der Waals surface area (Å²) in [6.45, 7) is 4.11. The van der Waals surface area contributed by atoms with Gasteiger partial charge in [0.25, 0.3) is 0 Å². The highest BCUT2D eigenvalue weighted by molar-refractivity contribution is 5.29. The lowest BCUT2D eigenvalue weighted by atomic mass is 10.0. The largest absolute Gasteiger partial charge is 0.479 e. The Labute approximate surface area is 143 Å². The standard InChI is InChI=1S/C20H24N2O2/c1-15(18-8-10-19(11-9-18)24-13-12-21)22-16(2)20(23)14-17-6-4-3-5-7-17/h3-11,15-16,20,22-23H,13-14H2,1-2H3. The zero-order valence-electron chi connectivity index (χ0n) is 14.1. The second-order valence-corrected chi connectivity index (χ2v) is 5.95. The van der Waals surface area contributed by atoms with E-state index in [9.17, 15) is 5.11 Å². The molecule has 3 atom stereocenters. The van der Waals surface area contributed by atoms with E-state index in [0.717, 1.165) is 11.1 Å². The van der Waals surface area contributed by atoms with Crippen LogP contribution in [0.1, 0.15) is 31.0 Å². The minimum Gasteiger partial charge on any atom is -0.479 e. The van der Waals surface area contributed by atoms with Crippen molar-refractivity contribution in [2.24, 2.45) is 0 Å². The summed E-state index contributed by atoms with van der Waals surface area (Å²) in [6, 6.07) is 19.7. The van der Waals surface area contributed by atoms with Crippen LogP contribution in [-0.4, -0.2) is 23.9 Å². The number of hydrogen-bond acceptors (Lipinski definition) is 4. The van der Waals surface area contributed by atoms with E-state index in [1.165, 1.54) is 0 Å². The molecule has 24 heavy (non-hydrogen) atoms. The van der Waals surface area contributed by atoms with Crippen LogP contribution in [0.25, 0.3) is 0 Å². The van der Waals surface area contributed by atoms with Crippen LogP contribution in [0.2, 0.25) is 0 Å². The van der Waals surface area contributed by atoms with Gasteiger partial charge in [0.15, 0.2) is 6.61 Å². The van der Waals surface area contributed by atoms with Crippen LogP contribution in [-0.2, 0) is 6.42 Å². The Morgan fingerprint density at radius 3 is 2.38 bits per heavy atom. The van der Waals surface area contributed by atoms with E-state index >= 15 is 0 Å². The highest BCUT2D eigenvalue weighted by Gasteiger charge is 2.17. The maximum atomic E-state index is 10.4. The summed E-state index contributed by atoms with van der Waals surface area (Å²) in [7, 11) is 0. The SMILES string of the molecule is CC(NC(C)C(O)Cc1ccccc1)c1ccc(OCC#N)cc1. The van der Waals surface area contributed by atoms with Crippen molar-refractivity contribution >= 4 is 0 Å². The number of benzene rings is 2. The zero-order valence-corrected chi connectivity index (χ0v) is 14.1. The number of aliphatic hydroxyl groups excluding tert-OH is 1. The van der Waals surface area contributed by atoms with Gasteiger partial charge >= 0.3 is 0 Å². The molecular weight excluding hydrogens is 300 g/mol. The van der Waals surface area contributed by atoms with E-state index in [-0.39, 0.29) is 18.7 Å². The van der Waals surface area contributed by atoms with Crippen molar-refractivity contribution < 1.29 is 9.84 Å². The molecule has 0 saturated carbocycles. The fourth-order valence-electron chi connectivity index (χ4n) is 2.60. The van der Waals surface area contributed by atoms with Crippen molar-refractivity contribution in [2.45, 2.75) is 38.5 Å². The van der Waals surface area contributed by atoms with Crippen LogP contribution in [0.4, 0.5) is 0 Å². The number of nitrogens with zero attached hydrogens (tertiary/aromatic N) is 1. The van der Waals surface area contributed by atoms with E-state index in [1.54, 1.807) is 0 Å². The summed E-state index contributed by atoms with van der Waals surface area (Å²) in [4.78, 5) is 0. The second kappa shape index (κ2) is 9.07. The summed E-state index contributed by atoms with van der Waals surface area (Å²) in [6.07, 6.45) is 0.177. The molecule has 4 heteroatoms. The summed E-state index contributed by atoms with van der Waals surface area (Å²) < 4.78 is 5.25. The molecule has 2 N–H and O–H groups in total. The van der Waals surface area contributed by atoms with Gasteiger partial charge in [-0.2, -0.15) is 5.26 Å². The zero-order chi connectivity index (χ0) is 17.4. The van der Waals surface area contributed by atoms with Crippen molar-refractivity contribution in [3.05, 3.63) is 65.7 Å². The Bertz CT molecular complexity index is 650. The van der Waals surface area contributed by atoms with Crippen molar-refractivity contribution in [1.29, 1.82) is 5.26 Å². The van der Waals surface area contributed by atoms with Crippen molar-refractivity contribution in [3.8, 4) is 11.8 Å². The van der Waals surface area contributed by atoms with Crippen LogP contribution < -0.4 is 10.1 Å². The van der Waals surface area contributed by atoms with E-state index < -0.39 is 6.10 Å². The minimum atomic E-state index is -0.451. The number of ether oxygens (including phenoxy) is 1. The van der Waals surface area contributed by atoms with Crippen LogP contribution >= 0.6 is 0 Å². The predicted molar refractivity (Wildman–Crippen MR) is 94.7 cm³/mol. The molecule has 0 amide bonds. The van der Waals surface area contributed by atoms with Crippen LogP contribution in [0, 0.1) is 11.3 Å². The molecular formula is C20H24N2O2. The van der Waals surface area contributed by atoms with Gasteiger partial charge in [-0.15, -0.1) is 0 Å². The molecule has 0 aliphatic heterocycles. The highest BCUT2D eigenvalue weighted by Crippen LogP contribution is 2.19. The smallest absolute Gasteiger partial charge is 0.174 e. The lowest BCUT2D eigenvalue weighted by Crippen LogP contribution is -2.39. The molecule has 0 radical (unpaired) electrons. The van der Waals surface area contributed by atoms with E-state index in [0.29, 0.717) is 12.2 Å². The molecule has 0 aliphatic rings. The molecule has 0 fully saturated rings. The minimum absolute atomic E-state index is 0.0327. The third-order valence-electron chi connectivity index (χ3n) is 4.06. The van der Waals surface area contributed by atoms with Gasteiger partial charge in [0.2, 0.25) is 0 Å². The average Bonchev–Trinajstić information content (AvgIpc) is 2.61. The molecule has 2 rings (SSSR count). The Hall–Kier alpha value is -2.35. The first-order valence-electron chi connectivity index (χ1n) is 8.18. The molecule has 0 bridgehead atoms. The fourth-order valence-corrected chi connectivity index (χ4v) is 2.60. The lowest BCUT2D eigenvalue weighted by molar-refractivity contribution is 0.129. The third kappa shape index (κ3) is 5.38. The van der Waals surface area contributed by atoms with Crippen LogP contribution in [0.15, 0.2) is 54.6 Å². The van der Waals surface area contributed by atoms with Crippen molar-refractivity contribution in [2.75, 3.05) is 6.61 Å². The first kappa shape index (κ1) is 18.0. The molecule has 2 aromatic carbocycles. The number of aliphatic hydroxyl groups is 1. The van der Waals surface area contributed by atoms with Crippen molar-refractivity contribution in [3.63, 3.8) is 0 Å². The van der Waals surface area contributed by atoms with Gasteiger partial charge in [-0.25, -0.2) is 0 Å². The molecule has 126 valence electrons. The molecule has 4 nitrogen and oxygen atoms in total. The predicted octanol–water partition coefficient (Wildman–Crippen LogP) is 3.23. The highest BCUT2D eigenvalue weighted by atomic mass is 16.5. The number of hydrogen-bond donors (Lipinski definition) is 2. The number of nitriles is 1. The van der Waals surface area contributed by atoms with Gasteiger partial charge in [-0.05, 0) is 43.5 Å². The molecule has 3 unspecified atom stereocenters. The summed E-state index contributed by atoms with van der Waals surface area (Å²) in [5.74, 6) is 0.685. The molecule has 0 aliphatic carbocycles. The van der Waals surface area contributed by atoms with E-state index in [2.05, 4.69) is 12.2 Å². The lowest BCUT2D eigenvalue weighted by Gasteiger charge is -2.25. The monoisotopic (exact) mass is 324 g/mol. The molecule has 0 aromatic heterocycles. The third-order valence-corrected chi connectivity index (χ3v) is 4.06. The Morgan fingerprint density at radius 2 is 1.75 bits per heavy atom. The average molecular weight is 324 g/mol. The van der Waals surface area contributed by atoms with Crippen LogP contribution in [0.3, 0.4) is 0 Å². The summed E-state index contributed by atoms with van der Waals surface area (Å²) in [5.41, 5.74) is 2.24. The number of rotatable bonds is 8. The Morgan fingerprint density at radius 1 is 1.08 bits per heavy atom. The van der Waals surface area contributed by atoms with E-state index in [4.69, 9.17) is 10.00 Å². The fraction of sp³-hybridized carbons (Fsp3) is 0.350. The van der Waals surface area contributed by atoms with Gasteiger partial charge in [-0.1, -0.05) is 42.5 Å². The van der Waals surface area contributed by atoms with Gasteiger partial charge in [0.05, 0.1) is 6.10 Å². The van der Waals surface area contributed by atoms with Gasteiger partial charge in [0, 0.05) is 12.1 Å². The molecule has 0 spiro atoms. The van der Waals surface area contributed by atoms with E-state index in [1.807, 2.05) is 67.6 Å². The Balaban J connectivity index is 1.88. The number of nitrogens with one attached hydrogen (secondary N) is 1. The van der Waals surface area contributed by atoms with Crippen LogP contribution in [0.5, 0.6) is 5.75 Å². The van der Waals surface area contributed by atoms with Gasteiger partial charge < -0.3 is 15.2 Å². The van der Waals surface area contributed by atoms with Gasteiger partial charge in [-0.3, -0.25) is 0 Å². The maximum absolute atomic E-state index is 10.4.